The van der Waals surface area contributed by atoms with E-state index in [1.165, 1.54) is 29.1 Å². The van der Waals surface area contributed by atoms with E-state index < -0.39 is 0 Å². The Kier molecular flexibility index (Phi) is 5.93. The lowest BCUT2D eigenvalue weighted by Gasteiger charge is -2.29. The lowest BCUT2D eigenvalue weighted by atomic mass is 9.99. The van der Waals surface area contributed by atoms with Crippen LogP contribution in [0.4, 0.5) is 0 Å². The maximum absolute atomic E-state index is 12.8. The summed E-state index contributed by atoms with van der Waals surface area (Å²) >= 11 is 1.79. The van der Waals surface area contributed by atoms with Crippen molar-refractivity contribution in [1.82, 2.24) is 9.80 Å². The average molecular weight is 441 g/mol. The van der Waals surface area contributed by atoms with Crippen LogP contribution in [0.3, 0.4) is 0 Å². The number of benzene rings is 1. The van der Waals surface area contributed by atoms with E-state index in [1.807, 2.05) is 4.90 Å². The Labute approximate surface area is 188 Å². The van der Waals surface area contributed by atoms with Crippen LogP contribution in [-0.2, 0) is 11.3 Å². The number of hydrogen-bond donors (Lipinski definition) is 0. The van der Waals surface area contributed by atoms with Gasteiger partial charge in [-0.05, 0) is 76.0 Å². The first-order valence-corrected chi connectivity index (χ1v) is 12.3. The van der Waals surface area contributed by atoms with Crippen molar-refractivity contribution in [2.45, 2.75) is 39.2 Å². The molecule has 1 unspecified atom stereocenters. The summed E-state index contributed by atoms with van der Waals surface area (Å²) in [5.41, 5.74) is 2.21. The fraction of sp³-hybridized carbons (Fsp3) is 0.560. The molecule has 31 heavy (non-hydrogen) atoms. The second-order valence-electron chi connectivity index (χ2n) is 9.34. The maximum Gasteiger partial charge on any atom is 0.226 e. The molecule has 5 rings (SSSR count). The third-order valence-electron chi connectivity index (χ3n) is 6.56. The van der Waals surface area contributed by atoms with Crippen LogP contribution in [0.1, 0.15) is 36.1 Å². The Bertz CT molecular complexity index is 952. The molecular weight excluding hydrogens is 408 g/mol. The second kappa shape index (κ2) is 8.83. The van der Waals surface area contributed by atoms with Crippen LogP contribution in [0.2, 0.25) is 0 Å². The minimum absolute atomic E-state index is 0.226. The van der Waals surface area contributed by atoms with Gasteiger partial charge in [0, 0.05) is 40.2 Å². The van der Waals surface area contributed by atoms with Crippen LogP contribution in [0.5, 0.6) is 11.5 Å². The molecule has 1 saturated carbocycles. The van der Waals surface area contributed by atoms with Gasteiger partial charge < -0.3 is 19.3 Å². The van der Waals surface area contributed by atoms with Crippen LogP contribution in [0, 0.1) is 18.8 Å². The number of fused-ring (bicyclic) bond motifs is 1. The number of amides is 1. The standard InChI is InChI=1S/C25H32N2O3S/c1-17-5-8-23(31-17)20-12-21-15-27(25(28)19-6-7-19)10-11-29-24(21)22(13-20)30-16-18-4-3-9-26(2)14-18/h5,8,12-13,18-19H,3-4,6-7,9-11,14-16H2,1-2H3. The first-order valence-electron chi connectivity index (χ1n) is 11.5. The number of piperidine rings is 1. The van der Waals surface area contributed by atoms with E-state index in [1.54, 1.807) is 11.3 Å². The summed E-state index contributed by atoms with van der Waals surface area (Å²) in [5, 5.41) is 0. The van der Waals surface area contributed by atoms with E-state index in [2.05, 4.69) is 43.1 Å². The molecule has 5 nitrogen and oxygen atoms in total. The summed E-state index contributed by atoms with van der Waals surface area (Å²) in [7, 11) is 2.19. The molecule has 1 saturated heterocycles. The number of ether oxygens (including phenoxy) is 2. The van der Waals surface area contributed by atoms with E-state index in [4.69, 9.17) is 9.47 Å². The van der Waals surface area contributed by atoms with Crippen LogP contribution in [0.25, 0.3) is 10.4 Å². The number of hydrogen-bond acceptors (Lipinski definition) is 5. The number of carbonyl (C=O) groups excluding carboxylic acids is 1. The summed E-state index contributed by atoms with van der Waals surface area (Å²) in [5.74, 6) is 2.70. The Hall–Kier alpha value is -2.05. The van der Waals surface area contributed by atoms with Crippen molar-refractivity contribution in [2.75, 3.05) is 39.9 Å². The Morgan fingerprint density at radius 2 is 2.10 bits per heavy atom. The van der Waals surface area contributed by atoms with Crippen LogP contribution >= 0.6 is 11.3 Å². The van der Waals surface area contributed by atoms with Gasteiger partial charge >= 0.3 is 0 Å². The van der Waals surface area contributed by atoms with E-state index in [9.17, 15) is 4.79 Å². The summed E-state index contributed by atoms with van der Waals surface area (Å²) in [6.45, 7) is 6.86. The SMILES string of the molecule is Cc1ccc(-c2cc3c(c(OCC4CCCN(C)C4)c2)OCCN(C(=O)C2CC2)C3)s1. The summed E-state index contributed by atoms with van der Waals surface area (Å²) in [6, 6.07) is 8.66. The van der Waals surface area contributed by atoms with Gasteiger partial charge in [-0.25, -0.2) is 0 Å². The highest BCUT2D eigenvalue weighted by atomic mass is 32.1. The number of rotatable bonds is 5. The highest BCUT2D eigenvalue weighted by Gasteiger charge is 2.35. The average Bonchev–Trinajstić information content (AvgIpc) is 3.55. The molecule has 0 radical (unpaired) electrons. The quantitative estimate of drug-likeness (QED) is 0.683. The van der Waals surface area contributed by atoms with Crippen molar-refractivity contribution in [3.8, 4) is 21.9 Å². The monoisotopic (exact) mass is 440 g/mol. The molecule has 3 aliphatic rings. The van der Waals surface area contributed by atoms with Crippen molar-refractivity contribution in [3.05, 3.63) is 34.7 Å². The predicted molar refractivity (Wildman–Crippen MR) is 124 cm³/mol. The van der Waals surface area contributed by atoms with E-state index in [-0.39, 0.29) is 11.8 Å². The Morgan fingerprint density at radius 3 is 2.84 bits per heavy atom. The molecule has 1 aromatic carbocycles. The van der Waals surface area contributed by atoms with Gasteiger partial charge in [0.05, 0.1) is 13.2 Å². The van der Waals surface area contributed by atoms with Crippen LogP contribution in [0.15, 0.2) is 24.3 Å². The fourth-order valence-electron chi connectivity index (χ4n) is 4.72. The largest absolute Gasteiger partial charge is 0.489 e. The lowest BCUT2D eigenvalue weighted by molar-refractivity contribution is -0.133. The van der Waals surface area contributed by atoms with E-state index in [0.29, 0.717) is 32.2 Å². The molecule has 166 valence electrons. The van der Waals surface area contributed by atoms with Crippen molar-refractivity contribution in [3.63, 3.8) is 0 Å². The highest BCUT2D eigenvalue weighted by Crippen LogP contribution is 2.41. The molecule has 0 spiro atoms. The van der Waals surface area contributed by atoms with Gasteiger partial charge in [-0.1, -0.05) is 0 Å². The zero-order chi connectivity index (χ0) is 21.4. The van der Waals surface area contributed by atoms with Gasteiger partial charge in [0.2, 0.25) is 5.91 Å². The first kappa shape index (κ1) is 20.8. The van der Waals surface area contributed by atoms with Gasteiger partial charge in [-0.2, -0.15) is 0 Å². The maximum atomic E-state index is 12.8. The van der Waals surface area contributed by atoms with Gasteiger partial charge in [0.25, 0.3) is 0 Å². The third-order valence-corrected chi connectivity index (χ3v) is 7.61. The molecule has 2 fully saturated rings. The van der Waals surface area contributed by atoms with E-state index in [0.717, 1.165) is 42.0 Å². The van der Waals surface area contributed by atoms with Crippen molar-refractivity contribution in [2.24, 2.45) is 11.8 Å². The molecule has 3 heterocycles. The molecule has 1 atom stereocenters. The van der Waals surface area contributed by atoms with Crippen molar-refractivity contribution in [1.29, 1.82) is 0 Å². The molecule has 0 N–H and O–H groups in total. The summed E-state index contributed by atoms with van der Waals surface area (Å²) < 4.78 is 12.6. The minimum Gasteiger partial charge on any atom is -0.489 e. The number of likely N-dealkylation sites (tertiary alicyclic amines) is 1. The molecule has 0 bridgehead atoms. The minimum atomic E-state index is 0.226. The van der Waals surface area contributed by atoms with Gasteiger partial charge in [-0.3, -0.25) is 4.79 Å². The smallest absolute Gasteiger partial charge is 0.226 e. The molecule has 1 aliphatic carbocycles. The Morgan fingerprint density at radius 1 is 1.23 bits per heavy atom. The molecule has 6 heteroatoms. The summed E-state index contributed by atoms with van der Waals surface area (Å²) in [4.78, 5) is 19.7. The van der Waals surface area contributed by atoms with Gasteiger partial charge in [-0.15, -0.1) is 11.3 Å². The number of thiophene rings is 1. The number of carbonyl (C=O) groups is 1. The molecule has 2 aromatic rings. The molecule has 1 aromatic heterocycles. The first-order chi connectivity index (χ1) is 15.1. The van der Waals surface area contributed by atoms with Gasteiger partial charge in [0.15, 0.2) is 11.5 Å². The molecular formula is C25H32N2O3S. The molecule has 1 amide bonds. The van der Waals surface area contributed by atoms with Crippen LogP contribution < -0.4 is 9.47 Å². The zero-order valence-electron chi connectivity index (χ0n) is 18.6. The predicted octanol–water partition coefficient (Wildman–Crippen LogP) is 4.58. The number of nitrogens with zero attached hydrogens (tertiary/aromatic N) is 2. The highest BCUT2D eigenvalue weighted by molar-refractivity contribution is 7.15. The second-order valence-corrected chi connectivity index (χ2v) is 10.6. The van der Waals surface area contributed by atoms with E-state index >= 15 is 0 Å². The summed E-state index contributed by atoms with van der Waals surface area (Å²) in [6.07, 6.45) is 4.50. The fourth-order valence-corrected chi connectivity index (χ4v) is 5.57. The zero-order valence-corrected chi connectivity index (χ0v) is 19.4. The lowest BCUT2D eigenvalue weighted by Crippen LogP contribution is -2.34. The van der Waals surface area contributed by atoms with Crippen molar-refractivity contribution < 1.29 is 14.3 Å². The van der Waals surface area contributed by atoms with Crippen LogP contribution in [-0.4, -0.2) is 55.6 Å². The van der Waals surface area contributed by atoms with Gasteiger partial charge in [0.1, 0.15) is 6.61 Å². The Balaban J connectivity index is 1.44. The molecule has 2 aliphatic heterocycles. The number of aryl methyl sites for hydroxylation is 1. The van der Waals surface area contributed by atoms with Crippen molar-refractivity contribution >= 4 is 17.2 Å². The topological polar surface area (TPSA) is 42.0 Å². The normalized spacial score (nSPS) is 21.9. The third kappa shape index (κ3) is 4.75.